The van der Waals surface area contributed by atoms with E-state index in [4.69, 9.17) is 16.3 Å². The molecule has 1 aromatic rings. The third kappa shape index (κ3) is 4.39. The Hall–Kier alpha value is -0.690. The number of sulfonamides is 1. The zero-order valence-corrected chi connectivity index (χ0v) is 13.5. The summed E-state index contributed by atoms with van der Waals surface area (Å²) in [4.78, 5) is 0.0456. The van der Waals surface area contributed by atoms with Gasteiger partial charge in [-0.25, -0.2) is 12.8 Å². The molecule has 1 saturated carbocycles. The molecule has 21 heavy (non-hydrogen) atoms. The van der Waals surface area contributed by atoms with E-state index < -0.39 is 15.8 Å². The highest BCUT2D eigenvalue weighted by molar-refractivity contribution is 7.89. The summed E-state index contributed by atoms with van der Waals surface area (Å²) in [5, 5.41) is 0. The molecule has 1 aliphatic rings. The van der Waals surface area contributed by atoms with Crippen molar-refractivity contribution in [3.8, 4) is 0 Å². The maximum Gasteiger partial charge on any atom is 0.242 e. The van der Waals surface area contributed by atoms with Crippen LogP contribution in [0.15, 0.2) is 23.1 Å². The van der Waals surface area contributed by atoms with E-state index in [1.54, 1.807) is 0 Å². The van der Waals surface area contributed by atoms with Gasteiger partial charge in [-0.1, -0.05) is 0 Å². The second kappa shape index (κ2) is 7.05. The normalized spacial score (nSPS) is 15.6. The second-order valence-corrected chi connectivity index (χ2v) is 7.54. The highest BCUT2D eigenvalue weighted by Gasteiger charge is 2.23. The van der Waals surface area contributed by atoms with E-state index in [1.165, 1.54) is 36.3 Å². The molecule has 0 saturated heterocycles. The van der Waals surface area contributed by atoms with Crippen LogP contribution >= 0.6 is 11.6 Å². The molecule has 4 nitrogen and oxygen atoms in total. The number of alkyl halides is 1. The minimum Gasteiger partial charge on any atom is -0.380 e. The Balaban J connectivity index is 1.98. The van der Waals surface area contributed by atoms with Gasteiger partial charge in [-0.05, 0) is 37.0 Å². The summed E-state index contributed by atoms with van der Waals surface area (Å²) in [6, 6.07) is 3.66. The second-order valence-electron chi connectivity index (χ2n) is 5.23. The first kappa shape index (κ1) is 16.7. The number of hydrogen-bond acceptors (Lipinski definition) is 3. The van der Waals surface area contributed by atoms with Crippen molar-refractivity contribution in [1.82, 2.24) is 4.31 Å². The van der Waals surface area contributed by atoms with Gasteiger partial charge in [0.25, 0.3) is 0 Å². The summed E-state index contributed by atoms with van der Waals surface area (Å²) in [5.74, 6) is 0.0818. The van der Waals surface area contributed by atoms with Gasteiger partial charge in [-0.15, -0.1) is 11.6 Å². The number of ether oxygens (including phenoxy) is 1. The Morgan fingerprint density at radius 3 is 2.76 bits per heavy atom. The van der Waals surface area contributed by atoms with Crippen molar-refractivity contribution >= 4 is 21.6 Å². The Labute approximate surface area is 129 Å². The minimum absolute atomic E-state index is 0.0456. The summed E-state index contributed by atoms with van der Waals surface area (Å²) < 4.78 is 44.7. The van der Waals surface area contributed by atoms with E-state index in [9.17, 15) is 12.8 Å². The van der Waals surface area contributed by atoms with Crippen LogP contribution in [0.2, 0.25) is 0 Å². The zero-order chi connectivity index (χ0) is 15.5. The Morgan fingerprint density at radius 2 is 2.14 bits per heavy atom. The van der Waals surface area contributed by atoms with Gasteiger partial charge in [-0.2, -0.15) is 4.31 Å². The molecular formula is C14H19ClFNO3S. The summed E-state index contributed by atoms with van der Waals surface area (Å²) in [6.07, 6.45) is 2.40. The first-order valence-corrected chi connectivity index (χ1v) is 8.81. The van der Waals surface area contributed by atoms with Crippen molar-refractivity contribution in [1.29, 1.82) is 0 Å². The number of hydrogen-bond donors (Lipinski definition) is 0. The Kier molecular flexibility index (Phi) is 5.60. The smallest absolute Gasteiger partial charge is 0.242 e. The number of likely N-dealkylation sites (N-methyl/N-ethyl adjacent to an activating group) is 1. The summed E-state index contributed by atoms with van der Waals surface area (Å²) >= 11 is 5.60. The Bertz CT molecular complexity index is 590. The average molecular weight is 336 g/mol. The number of benzene rings is 1. The van der Waals surface area contributed by atoms with Gasteiger partial charge in [0.15, 0.2) is 0 Å². The van der Waals surface area contributed by atoms with Crippen molar-refractivity contribution in [2.45, 2.75) is 23.6 Å². The molecule has 1 fully saturated rings. The van der Waals surface area contributed by atoms with Crippen LogP contribution in [0.3, 0.4) is 0 Å². The van der Waals surface area contributed by atoms with Crippen LogP contribution in [-0.2, 0) is 20.6 Å². The largest absolute Gasteiger partial charge is 0.380 e. The van der Waals surface area contributed by atoms with E-state index in [-0.39, 0.29) is 22.9 Å². The van der Waals surface area contributed by atoms with Crippen molar-refractivity contribution in [2.24, 2.45) is 5.92 Å². The molecular weight excluding hydrogens is 317 g/mol. The first-order chi connectivity index (χ1) is 9.95. The maximum atomic E-state index is 13.4. The molecule has 118 valence electrons. The van der Waals surface area contributed by atoms with Crippen molar-refractivity contribution in [2.75, 3.05) is 26.8 Å². The van der Waals surface area contributed by atoms with Crippen molar-refractivity contribution in [3.05, 3.63) is 29.6 Å². The van der Waals surface area contributed by atoms with Crippen molar-refractivity contribution in [3.63, 3.8) is 0 Å². The lowest BCUT2D eigenvalue weighted by Crippen LogP contribution is -2.30. The van der Waals surface area contributed by atoms with Crippen LogP contribution in [-0.4, -0.2) is 39.5 Å². The van der Waals surface area contributed by atoms with Gasteiger partial charge >= 0.3 is 0 Å². The van der Waals surface area contributed by atoms with E-state index in [0.29, 0.717) is 19.1 Å². The minimum atomic E-state index is -3.65. The van der Waals surface area contributed by atoms with Crippen LogP contribution in [0.5, 0.6) is 0 Å². The molecule has 0 amide bonds. The quantitative estimate of drug-likeness (QED) is 0.542. The van der Waals surface area contributed by atoms with Crippen LogP contribution in [0.1, 0.15) is 18.4 Å². The van der Waals surface area contributed by atoms with E-state index >= 15 is 0 Å². The SMILES string of the molecule is CN(CCOCC1CC1)S(=O)(=O)c1ccc(F)c(CCl)c1. The molecule has 0 N–H and O–H groups in total. The van der Waals surface area contributed by atoms with Crippen LogP contribution in [0, 0.1) is 11.7 Å². The van der Waals surface area contributed by atoms with E-state index in [2.05, 4.69) is 0 Å². The molecule has 0 spiro atoms. The fourth-order valence-electron chi connectivity index (χ4n) is 1.84. The van der Waals surface area contributed by atoms with Gasteiger partial charge < -0.3 is 4.74 Å². The molecule has 7 heteroatoms. The third-order valence-corrected chi connectivity index (χ3v) is 5.61. The highest BCUT2D eigenvalue weighted by atomic mass is 35.5. The summed E-state index contributed by atoms with van der Waals surface area (Å²) in [7, 11) is -2.16. The van der Waals surface area contributed by atoms with Gasteiger partial charge in [0.05, 0.1) is 17.4 Å². The van der Waals surface area contributed by atoms with Gasteiger partial charge in [0.1, 0.15) is 5.82 Å². The molecule has 0 aromatic heterocycles. The van der Waals surface area contributed by atoms with Crippen LogP contribution < -0.4 is 0 Å². The average Bonchev–Trinajstić information content (AvgIpc) is 3.27. The predicted molar refractivity (Wildman–Crippen MR) is 79.3 cm³/mol. The summed E-state index contributed by atoms with van der Waals surface area (Å²) in [6.45, 7) is 1.32. The van der Waals surface area contributed by atoms with E-state index in [1.807, 2.05) is 0 Å². The fraction of sp³-hybridized carbons (Fsp3) is 0.571. The fourth-order valence-corrected chi connectivity index (χ4v) is 3.25. The van der Waals surface area contributed by atoms with Crippen LogP contribution in [0.4, 0.5) is 4.39 Å². The molecule has 0 heterocycles. The molecule has 0 radical (unpaired) electrons. The molecule has 1 aromatic carbocycles. The number of rotatable bonds is 8. The predicted octanol–water partition coefficient (Wildman–Crippen LogP) is 2.61. The zero-order valence-electron chi connectivity index (χ0n) is 11.9. The van der Waals surface area contributed by atoms with Gasteiger partial charge in [0.2, 0.25) is 10.0 Å². The number of nitrogens with zero attached hydrogens (tertiary/aromatic N) is 1. The summed E-state index contributed by atoms with van der Waals surface area (Å²) in [5.41, 5.74) is 0.177. The third-order valence-electron chi connectivity index (χ3n) is 3.47. The lowest BCUT2D eigenvalue weighted by atomic mass is 10.2. The topological polar surface area (TPSA) is 46.6 Å². The van der Waals surface area contributed by atoms with Gasteiger partial charge in [-0.3, -0.25) is 0 Å². The van der Waals surface area contributed by atoms with E-state index in [0.717, 1.165) is 6.07 Å². The van der Waals surface area contributed by atoms with Crippen LogP contribution in [0.25, 0.3) is 0 Å². The lowest BCUT2D eigenvalue weighted by molar-refractivity contribution is 0.117. The van der Waals surface area contributed by atoms with Crippen molar-refractivity contribution < 1.29 is 17.5 Å². The lowest BCUT2D eigenvalue weighted by Gasteiger charge is -2.17. The Morgan fingerprint density at radius 1 is 1.43 bits per heavy atom. The monoisotopic (exact) mass is 335 g/mol. The number of halogens is 2. The standard InChI is InChI=1S/C14H19ClFNO3S/c1-17(6-7-20-10-11-2-3-11)21(18,19)13-4-5-14(16)12(8-13)9-15/h4-5,8,11H,2-3,6-7,9-10H2,1H3. The first-order valence-electron chi connectivity index (χ1n) is 6.83. The molecule has 0 aliphatic heterocycles. The molecule has 0 bridgehead atoms. The molecule has 0 unspecified atom stereocenters. The molecule has 0 atom stereocenters. The highest BCUT2D eigenvalue weighted by Crippen LogP contribution is 2.28. The maximum absolute atomic E-state index is 13.4. The molecule has 1 aliphatic carbocycles. The van der Waals surface area contributed by atoms with Gasteiger partial charge in [0, 0.05) is 25.8 Å². The molecule has 2 rings (SSSR count).